The van der Waals surface area contributed by atoms with Crippen LogP contribution in [0.1, 0.15) is 18.1 Å². The molecule has 0 fully saturated rings. The van der Waals surface area contributed by atoms with E-state index in [4.69, 9.17) is 0 Å². The molecule has 4 heteroatoms. The maximum atomic E-state index is 13.1. The molecule has 0 aromatic heterocycles. The summed E-state index contributed by atoms with van der Waals surface area (Å²) in [4.78, 5) is 10.9. The quantitative estimate of drug-likeness (QED) is 0.540. The smallest absolute Gasteiger partial charge is 0.384 e. The molecular weight excluding hydrogens is 214 g/mol. The van der Waals surface area contributed by atoms with Crippen LogP contribution in [0.4, 0.5) is 8.78 Å². The van der Waals surface area contributed by atoms with Crippen molar-refractivity contribution in [1.82, 2.24) is 0 Å². The van der Waals surface area contributed by atoms with Gasteiger partial charge in [0.25, 0.3) is 0 Å². The van der Waals surface area contributed by atoms with Crippen LogP contribution in [0.15, 0.2) is 12.1 Å². The predicted octanol–water partition coefficient (Wildman–Crippen LogP) is 2.19. The Labute approximate surface area is 92.2 Å². The van der Waals surface area contributed by atoms with Crippen LogP contribution in [0.5, 0.6) is 0 Å². The van der Waals surface area contributed by atoms with Crippen LogP contribution >= 0.6 is 0 Å². The van der Waals surface area contributed by atoms with Gasteiger partial charge in [-0.2, -0.15) is 0 Å². The Balaban J connectivity index is 2.98. The minimum Gasteiger partial charge on any atom is -0.456 e. The van der Waals surface area contributed by atoms with Crippen LogP contribution in [-0.4, -0.2) is 12.6 Å². The molecule has 0 unspecified atom stereocenters. The number of benzene rings is 1. The third-order valence-electron chi connectivity index (χ3n) is 1.91. The summed E-state index contributed by atoms with van der Waals surface area (Å²) >= 11 is 0. The van der Waals surface area contributed by atoms with Crippen molar-refractivity contribution in [1.29, 1.82) is 0 Å². The van der Waals surface area contributed by atoms with Crippen LogP contribution in [0.25, 0.3) is 0 Å². The highest BCUT2D eigenvalue weighted by molar-refractivity contribution is 5.89. The summed E-state index contributed by atoms with van der Waals surface area (Å²) in [5.41, 5.74) is 0.351. The fourth-order valence-electron chi connectivity index (χ4n) is 1.07. The number of esters is 1. The topological polar surface area (TPSA) is 26.3 Å². The Hall–Kier alpha value is -1.89. The molecule has 0 spiro atoms. The van der Waals surface area contributed by atoms with Gasteiger partial charge in [-0.05, 0) is 26.0 Å². The Morgan fingerprint density at radius 1 is 1.44 bits per heavy atom. The van der Waals surface area contributed by atoms with Crippen molar-refractivity contribution < 1.29 is 18.3 Å². The van der Waals surface area contributed by atoms with Crippen molar-refractivity contribution >= 4 is 5.97 Å². The summed E-state index contributed by atoms with van der Waals surface area (Å²) in [5, 5.41) is 0. The Morgan fingerprint density at radius 2 is 2.12 bits per heavy atom. The molecule has 2 nitrogen and oxygen atoms in total. The number of rotatable bonds is 1. The highest BCUT2D eigenvalue weighted by atomic mass is 19.2. The van der Waals surface area contributed by atoms with E-state index in [9.17, 15) is 13.6 Å². The monoisotopic (exact) mass is 224 g/mol. The van der Waals surface area contributed by atoms with Crippen LogP contribution < -0.4 is 0 Å². The predicted molar refractivity (Wildman–Crippen MR) is 54.6 cm³/mol. The number of hydrogen-bond donors (Lipinski definition) is 0. The molecule has 0 aliphatic carbocycles. The van der Waals surface area contributed by atoms with E-state index in [1.54, 1.807) is 6.92 Å². The minimum absolute atomic E-state index is 0.0804. The molecule has 0 amide bonds. The average molecular weight is 224 g/mol. The molecule has 0 saturated heterocycles. The molecule has 84 valence electrons. The van der Waals surface area contributed by atoms with Crippen LogP contribution in [0.2, 0.25) is 0 Å². The lowest BCUT2D eigenvalue weighted by Crippen LogP contribution is -2.00. The Morgan fingerprint density at radius 3 is 2.75 bits per heavy atom. The molecule has 0 atom stereocenters. The fraction of sp³-hybridized carbons (Fsp3) is 0.250. The van der Waals surface area contributed by atoms with E-state index < -0.39 is 17.6 Å². The first-order valence-electron chi connectivity index (χ1n) is 4.69. The van der Waals surface area contributed by atoms with Crippen LogP contribution in [0, 0.1) is 30.4 Å². The molecule has 16 heavy (non-hydrogen) atoms. The summed E-state index contributed by atoms with van der Waals surface area (Å²) < 4.78 is 30.4. The molecule has 0 bridgehead atoms. The second kappa shape index (κ2) is 5.26. The van der Waals surface area contributed by atoms with Crippen molar-refractivity contribution in [2.24, 2.45) is 0 Å². The number of halogens is 2. The largest absolute Gasteiger partial charge is 0.456 e. The molecule has 0 aliphatic heterocycles. The number of hydrogen-bond acceptors (Lipinski definition) is 2. The van der Waals surface area contributed by atoms with Gasteiger partial charge in [-0.15, -0.1) is 0 Å². The zero-order valence-corrected chi connectivity index (χ0v) is 8.93. The Bertz CT molecular complexity index is 470. The molecule has 0 aliphatic rings. The first kappa shape index (κ1) is 12.2. The van der Waals surface area contributed by atoms with E-state index >= 15 is 0 Å². The molecule has 0 N–H and O–H groups in total. The van der Waals surface area contributed by atoms with Crippen molar-refractivity contribution in [2.75, 3.05) is 6.61 Å². The molecule has 0 heterocycles. The lowest BCUT2D eigenvalue weighted by Gasteiger charge is -2.00. The van der Waals surface area contributed by atoms with Gasteiger partial charge >= 0.3 is 5.97 Å². The summed E-state index contributed by atoms with van der Waals surface area (Å²) in [6.07, 6.45) is 0. The van der Waals surface area contributed by atoms with Gasteiger partial charge in [0.2, 0.25) is 0 Å². The third-order valence-corrected chi connectivity index (χ3v) is 1.91. The van der Waals surface area contributed by atoms with Gasteiger partial charge in [-0.3, -0.25) is 0 Å². The van der Waals surface area contributed by atoms with Gasteiger partial charge in [0.05, 0.1) is 6.61 Å². The van der Waals surface area contributed by atoms with E-state index in [1.807, 2.05) is 0 Å². The normalized spacial score (nSPS) is 9.25. The van der Waals surface area contributed by atoms with Gasteiger partial charge < -0.3 is 4.74 Å². The van der Waals surface area contributed by atoms with E-state index in [2.05, 4.69) is 16.6 Å². The van der Waals surface area contributed by atoms with Crippen molar-refractivity contribution in [3.8, 4) is 11.8 Å². The van der Waals surface area contributed by atoms with Gasteiger partial charge in [0.1, 0.15) is 0 Å². The van der Waals surface area contributed by atoms with E-state index in [1.165, 1.54) is 13.0 Å². The van der Waals surface area contributed by atoms with Crippen LogP contribution in [0.3, 0.4) is 0 Å². The van der Waals surface area contributed by atoms with Crippen molar-refractivity contribution in [3.05, 3.63) is 34.9 Å². The summed E-state index contributed by atoms with van der Waals surface area (Å²) in [6, 6.07) is 2.29. The zero-order valence-electron chi connectivity index (χ0n) is 8.93. The maximum Gasteiger partial charge on any atom is 0.384 e. The van der Waals surface area contributed by atoms with E-state index in [0.717, 1.165) is 6.07 Å². The summed E-state index contributed by atoms with van der Waals surface area (Å²) in [7, 11) is 0. The average Bonchev–Trinajstić information content (AvgIpc) is 2.25. The number of ether oxygens (including phenoxy) is 1. The van der Waals surface area contributed by atoms with Gasteiger partial charge in [0.15, 0.2) is 11.6 Å². The summed E-state index contributed by atoms with van der Waals surface area (Å²) in [6.45, 7) is 3.28. The second-order valence-corrected chi connectivity index (χ2v) is 3.00. The highest BCUT2D eigenvalue weighted by Crippen LogP contribution is 2.14. The lowest BCUT2D eigenvalue weighted by molar-refractivity contribution is -0.136. The highest BCUT2D eigenvalue weighted by Gasteiger charge is 2.07. The molecule has 0 saturated carbocycles. The minimum atomic E-state index is -0.948. The summed E-state index contributed by atoms with van der Waals surface area (Å²) in [5.74, 6) is 2.05. The fourth-order valence-corrected chi connectivity index (χ4v) is 1.07. The lowest BCUT2D eigenvalue weighted by atomic mass is 10.1. The first-order valence-corrected chi connectivity index (χ1v) is 4.69. The number of carbonyl (C=O) groups is 1. The molecule has 1 aromatic rings. The molecule has 1 rings (SSSR count). The standard InChI is InChI=1S/C12H10F2O2/c1-3-16-11(15)7-5-9-4-6-10(13)12(14)8(9)2/h4,6H,3H2,1-2H3. The van der Waals surface area contributed by atoms with Crippen LogP contribution in [-0.2, 0) is 9.53 Å². The number of carbonyl (C=O) groups excluding carboxylic acids is 1. The molecule has 0 radical (unpaired) electrons. The van der Waals surface area contributed by atoms with E-state index in [-0.39, 0.29) is 17.7 Å². The first-order chi connectivity index (χ1) is 7.56. The van der Waals surface area contributed by atoms with Gasteiger partial charge in [0, 0.05) is 17.0 Å². The maximum absolute atomic E-state index is 13.1. The second-order valence-electron chi connectivity index (χ2n) is 3.00. The van der Waals surface area contributed by atoms with Crippen molar-refractivity contribution in [2.45, 2.75) is 13.8 Å². The van der Waals surface area contributed by atoms with E-state index in [0.29, 0.717) is 0 Å². The SMILES string of the molecule is CCOC(=O)C#Cc1ccc(F)c(F)c1C. The molecule has 1 aromatic carbocycles. The Kier molecular flexibility index (Phi) is 4.01. The third kappa shape index (κ3) is 2.80. The van der Waals surface area contributed by atoms with Crippen molar-refractivity contribution in [3.63, 3.8) is 0 Å². The van der Waals surface area contributed by atoms with Gasteiger partial charge in [-0.1, -0.05) is 5.92 Å². The molecular formula is C12H10F2O2. The zero-order chi connectivity index (χ0) is 12.1. The van der Waals surface area contributed by atoms with Gasteiger partial charge in [-0.25, -0.2) is 13.6 Å².